The van der Waals surface area contributed by atoms with Gasteiger partial charge in [-0.2, -0.15) is 0 Å². The second-order valence-corrected chi connectivity index (χ2v) is 8.38. The van der Waals surface area contributed by atoms with Gasteiger partial charge >= 0.3 is 5.97 Å². The van der Waals surface area contributed by atoms with Crippen LogP contribution in [-0.4, -0.2) is 49.6 Å². The van der Waals surface area contributed by atoms with Crippen LogP contribution in [0.5, 0.6) is 11.5 Å². The van der Waals surface area contributed by atoms with Gasteiger partial charge in [0.1, 0.15) is 5.82 Å². The molecule has 0 spiro atoms. The minimum absolute atomic E-state index is 0.0367. The highest BCUT2D eigenvalue weighted by Gasteiger charge is 2.22. The topological polar surface area (TPSA) is 124 Å². The van der Waals surface area contributed by atoms with E-state index in [9.17, 15) is 9.90 Å². The highest BCUT2D eigenvalue weighted by molar-refractivity contribution is 5.68. The van der Waals surface area contributed by atoms with Gasteiger partial charge in [-0.3, -0.25) is 4.79 Å². The number of benzene rings is 1. The Morgan fingerprint density at radius 2 is 2.09 bits per heavy atom. The standard InChI is InChI=1S/C23H26N6O4/c30-22(31)12-17(16-7-9-19-20(11-16)33-14-32-19)13-29-21(26-27-28-29)5-1-4-18-8-6-15-3-2-10-24-23(15)25-18/h6-9,11,17H,1-5,10,12-14H2,(H,24,25)(H,30,31). The zero-order chi connectivity index (χ0) is 22.6. The fourth-order valence-electron chi connectivity index (χ4n) is 4.35. The molecule has 2 aliphatic rings. The summed E-state index contributed by atoms with van der Waals surface area (Å²) in [5.41, 5.74) is 3.18. The predicted octanol–water partition coefficient (Wildman–Crippen LogP) is 2.59. The highest BCUT2D eigenvalue weighted by Crippen LogP contribution is 2.36. The normalized spacial score (nSPS) is 15.0. The van der Waals surface area contributed by atoms with Crippen LogP contribution in [0.4, 0.5) is 5.82 Å². The molecule has 1 atom stereocenters. The van der Waals surface area contributed by atoms with Crippen LogP contribution in [0, 0.1) is 0 Å². The van der Waals surface area contributed by atoms with Crippen molar-refractivity contribution in [3.8, 4) is 11.5 Å². The largest absolute Gasteiger partial charge is 0.481 e. The molecule has 4 heterocycles. The van der Waals surface area contributed by atoms with Crippen LogP contribution in [0.3, 0.4) is 0 Å². The van der Waals surface area contributed by atoms with Gasteiger partial charge in [-0.25, -0.2) is 9.67 Å². The van der Waals surface area contributed by atoms with Crippen LogP contribution in [0.15, 0.2) is 30.3 Å². The summed E-state index contributed by atoms with van der Waals surface area (Å²) in [6.45, 7) is 1.52. The Bertz CT molecular complexity index is 1150. The molecule has 5 rings (SSSR count). The fraction of sp³-hybridized carbons (Fsp3) is 0.435. The van der Waals surface area contributed by atoms with Gasteiger partial charge in [0.25, 0.3) is 0 Å². The number of anilines is 1. The van der Waals surface area contributed by atoms with E-state index in [-0.39, 0.29) is 19.1 Å². The van der Waals surface area contributed by atoms with Gasteiger partial charge in [0.15, 0.2) is 17.3 Å². The molecule has 2 aromatic heterocycles. The molecular formula is C23H26N6O4. The molecule has 172 valence electrons. The van der Waals surface area contributed by atoms with E-state index in [1.54, 1.807) is 4.68 Å². The monoisotopic (exact) mass is 450 g/mol. The Morgan fingerprint density at radius 1 is 1.18 bits per heavy atom. The van der Waals surface area contributed by atoms with Crippen molar-refractivity contribution < 1.29 is 19.4 Å². The Labute approximate surface area is 190 Å². The first kappa shape index (κ1) is 21.2. The van der Waals surface area contributed by atoms with E-state index >= 15 is 0 Å². The van der Waals surface area contributed by atoms with Gasteiger partial charge < -0.3 is 19.9 Å². The average Bonchev–Trinajstić information content (AvgIpc) is 3.47. The highest BCUT2D eigenvalue weighted by atomic mass is 16.7. The van der Waals surface area contributed by atoms with Crippen LogP contribution in [0.25, 0.3) is 0 Å². The van der Waals surface area contributed by atoms with Gasteiger partial charge in [-0.1, -0.05) is 12.1 Å². The zero-order valence-corrected chi connectivity index (χ0v) is 18.2. The van der Waals surface area contributed by atoms with Gasteiger partial charge in [0.2, 0.25) is 6.79 Å². The van der Waals surface area contributed by atoms with Crippen LogP contribution in [-0.2, 0) is 30.6 Å². The maximum absolute atomic E-state index is 11.5. The van der Waals surface area contributed by atoms with Gasteiger partial charge in [-0.15, -0.1) is 5.10 Å². The lowest BCUT2D eigenvalue weighted by atomic mass is 9.95. The van der Waals surface area contributed by atoms with Crippen LogP contribution < -0.4 is 14.8 Å². The minimum Gasteiger partial charge on any atom is -0.481 e. The number of carboxylic acids is 1. The Kier molecular flexibility index (Phi) is 6.05. The summed E-state index contributed by atoms with van der Waals surface area (Å²) in [7, 11) is 0. The van der Waals surface area contributed by atoms with Gasteiger partial charge in [0, 0.05) is 24.6 Å². The lowest BCUT2D eigenvalue weighted by Gasteiger charge is -2.17. The molecule has 1 aromatic carbocycles. The summed E-state index contributed by atoms with van der Waals surface area (Å²) in [5.74, 6) is 1.87. The first-order valence-electron chi connectivity index (χ1n) is 11.2. The minimum atomic E-state index is -0.876. The average molecular weight is 450 g/mol. The third kappa shape index (κ3) is 4.89. The number of aryl methyl sites for hydroxylation is 3. The van der Waals surface area contributed by atoms with Crippen molar-refractivity contribution in [2.24, 2.45) is 0 Å². The van der Waals surface area contributed by atoms with Crippen molar-refractivity contribution in [3.63, 3.8) is 0 Å². The van der Waals surface area contributed by atoms with Crippen LogP contribution in [0.1, 0.15) is 47.8 Å². The predicted molar refractivity (Wildman–Crippen MR) is 118 cm³/mol. The Hall–Kier alpha value is -3.69. The number of aliphatic carboxylic acids is 1. The molecular weight excluding hydrogens is 424 g/mol. The maximum Gasteiger partial charge on any atom is 0.304 e. The molecule has 33 heavy (non-hydrogen) atoms. The molecule has 0 bridgehead atoms. The van der Waals surface area contributed by atoms with E-state index in [0.29, 0.717) is 24.5 Å². The fourth-order valence-corrected chi connectivity index (χ4v) is 4.35. The number of carboxylic acid groups (broad SMARTS) is 1. The molecule has 2 N–H and O–H groups in total. The van der Waals surface area contributed by atoms with E-state index in [0.717, 1.165) is 55.1 Å². The number of nitrogens with one attached hydrogen (secondary N) is 1. The van der Waals surface area contributed by atoms with E-state index in [1.165, 1.54) is 5.56 Å². The van der Waals surface area contributed by atoms with Crippen molar-refractivity contribution >= 4 is 11.8 Å². The first-order valence-corrected chi connectivity index (χ1v) is 11.2. The summed E-state index contributed by atoms with van der Waals surface area (Å²) < 4.78 is 12.5. The molecule has 10 heteroatoms. The lowest BCUT2D eigenvalue weighted by molar-refractivity contribution is -0.137. The summed E-state index contributed by atoms with van der Waals surface area (Å²) in [6, 6.07) is 9.79. The molecule has 0 radical (unpaired) electrons. The van der Waals surface area contributed by atoms with E-state index in [4.69, 9.17) is 14.5 Å². The number of hydrogen-bond donors (Lipinski definition) is 2. The Balaban J connectivity index is 1.24. The molecule has 3 aromatic rings. The molecule has 0 amide bonds. The molecule has 1 unspecified atom stereocenters. The summed E-state index contributed by atoms with van der Waals surface area (Å²) in [6.07, 6.45) is 4.53. The number of carbonyl (C=O) groups is 1. The summed E-state index contributed by atoms with van der Waals surface area (Å²) >= 11 is 0. The lowest BCUT2D eigenvalue weighted by Crippen LogP contribution is -2.17. The number of ether oxygens (including phenoxy) is 2. The van der Waals surface area contributed by atoms with Crippen LogP contribution in [0.2, 0.25) is 0 Å². The molecule has 0 fully saturated rings. The van der Waals surface area contributed by atoms with Crippen LogP contribution >= 0.6 is 0 Å². The molecule has 0 aliphatic carbocycles. The SMILES string of the molecule is O=C(O)CC(Cn1nnnc1CCCc1ccc2c(n1)NCCC2)c1ccc2c(c1)OCO2. The number of rotatable bonds is 9. The third-order valence-electron chi connectivity index (χ3n) is 6.07. The molecule has 0 saturated carbocycles. The number of pyridine rings is 1. The van der Waals surface area contributed by atoms with E-state index < -0.39 is 5.97 Å². The first-order chi connectivity index (χ1) is 16.2. The smallest absolute Gasteiger partial charge is 0.304 e. The Morgan fingerprint density at radius 3 is 3.00 bits per heavy atom. The van der Waals surface area contributed by atoms with E-state index in [1.807, 2.05) is 18.2 Å². The van der Waals surface area contributed by atoms with Crippen molar-refractivity contribution in [1.29, 1.82) is 0 Å². The number of nitrogens with zero attached hydrogens (tertiary/aromatic N) is 5. The number of aromatic nitrogens is 5. The third-order valence-corrected chi connectivity index (χ3v) is 6.07. The molecule has 2 aliphatic heterocycles. The second-order valence-electron chi connectivity index (χ2n) is 8.38. The number of fused-ring (bicyclic) bond motifs is 2. The second kappa shape index (κ2) is 9.43. The molecule has 10 nitrogen and oxygen atoms in total. The van der Waals surface area contributed by atoms with Gasteiger partial charge in [0.05, 0.1) is 13.0 Å². The summed E-state index contributed by atoms with van der Waals surface area (Å²) in [5, 5.41) is 25.0. The number of hydrogen-bond acceptors (Lipinski definition) is 8. The zero-order valence-electron chi connectivity index (χ0n) is 18.2. The quantitative estimate of drug-likeness (QED) is 0.506. The van der Waals surface area contributed by atoms with Crippen molar-refractivity contribution in [2.45, 2.75) is 51.0 Å². The summed E-state index contributed by atoms with van der Waals surface area (Å²) in [4.78, 5) is 16.3. The van der Waals surface area contributed by atoms with Crippen molar-refractivity contribution in [2.75, 3.05) is 18.7 Å². The number of tetrazole rings is 1. The van der Waals surface area contributed by atoms with E-state index in [2.05, 4.69) is 33.0 Å². The van der Waals surface area contributed by atoms with Gasteiger partial charge in [-0.05, 0) is 65.4 Å². The van der Waals surface area contributed by atoms with Crippen molar-refractivity contribution in [1.82, 2.24) is 25.2 Å². The molecule has 0 saturated heterocycles. The van der Waals surface area contributed by atoms with Crippen molar-refractivity contribution in [3.05, 3.63) is 53.0 Å². The maximum atomic E-state index is 11.5.